The van der Waals surface area contributed by atoms with Crippen LogP contribution in [0.2, 0.25) is 0 Å². The van der Waals surface area contributed by atoms with Gasteiger partial charge in [0.1, 0.15) is 5.69 Å². The number of para-hydroxylation sites is 3. The first kappa shape index (κ1) is 12.4. The topological polar surface area (TPSA) is 44.6 Å². The summed E-state index contributed by atoms with van der Waals surface area (Å²) in [4.78, 5) is 8.13. The molecule has 4 aromatic rings. The molecule has 1 unspecified atom stereocenters. The van der Waals surface area contributed by atoms with E-state index >= 15 is 0 Å². The lowest BCUT2D eigenvalue weighted by Crippen LogP contribution is -2.48. The van der Waals surface area contributed by atoms with Gasteiger partial charge >= 0.3 is 0 Å². The quantitative estimate of drug-likeness (QED) is 0.528. The van der Waals surface area contributed by atoms with E-state index in [2.05, 4.69) is 74.4 Å². The van der Waals surface area contributed by atoms with E-state index in [1.807, 2.05) is 18.3 Å². The van der Waals surface area contributed by atoms with Crippen LogP contribution in [0.3, 0.4) is 0 Å². The summed E-state index contributed by atoms with van der Waals surface area (Å²) < 4.78 is 2.29. The Morgan fingerprint density at radius 2 is 1.70 bits per heavy atom. The van der Waals surface area contributed by atoms with Crippen LogP contribution in [0, 0.1) is 0 Å². The van der Waals surface area contributed by atoms with Crippen LogP contribution in [0.25, 0.3) is 22.4 Å². The highest BCUT2D eigenvalue weighted by atomic mass is 15.3. The Bertz CT molecular complexity index is 1000. The molecule has 2 N–H and O–H groups in total. The largest absolute Gasteiger partial charge is 0.341 e. The van der Waals surface area contributed by atoms with Crippen molar-refractivity contribution in [3.63, 3.8) is 0 Å². The van der Waals surface area contributed by atoms with E-state index in [1.165, 1.54) is 11.1 Å². The zero-order chi connectivity index (χ0) is 15.2. The predicted octanol–water partition coefficient (Wildman–Crippen LogP) is 3.49. The lowest BCUT2D eigenvalue weighted by molar-refractivity contribution is -0.673. The van der Waals surface area contributed by atoms with Crippen LogP contribution in [-0.4, -0.2) is 9.97 Å². The molecule has 2 aromatic carbocycles. The SMILES string of the molecule is c1ccc(C2Nc3ccccc3-c3[nH]c4ccccc4[n+]32)nc1. The fourth-order valence-electron chi connectivity index (χ4n) is 3.33. The Hall–Kier alpha value is -3.14. The number of hydrogen-bond donors (Lipinski definition) is 2. The van der Waals surface area contributed by atoms with Gasteiger partial charge in [0.15, 0.2) is 11.0 Å². The molecular weight excluding hydrogens is 284 g/mol. The summed E-state index contributed by atoms with van der Waals surface area (Å²) in [5.74, 6) is 1.11. The van der Waals surface area contributed by atoms with Gasteiger partial charge in [-0.25, -0.2) is 4.98 Å². The molecule has 1 aliphatic rings. The second-order valence-corrected chi connectivity index (χ2v) is 5.71. The van der Waals surface area contributed by atoms with Crippen molar-refractivity contribution in [1.29, 1.82) is 0 Å². The molecule has 1 atom stereocenters. The summed E-state index contributed by atoms with van der Waals surface area (Å²) in [6, 6.07) is 22.8. The van der Waals surface area contributed by atoms with Crippen LogP contribution in [0.5, 0.6) is 0 Å². The molecule has 0 amide bonds. The summed E-state index contributed by atoms with van der Waals surface area (Å²) in [5, 5.41) is 3.63. The average molecular weight is 299 g/mol. The van der Waals surface area contributed by atoms with Crippen LogP contribution >= 0.6 is 0 Å². The Labute approximate surface area is 133 Å². The minimum Gasteiger partial charge on any atom is -0.341 e. The smallest absolute Gasteiger partial charge is 0.291 e. The molecule has 2 aromatic heterocycles. The van der Waals surface area contributed by atoms with E-state index in [1.54, 1.807) is 0 Å². The Balaban J connectivity index is 1.85. The first-order chi connectivity index (χ1) is 11.4. The van der Waals surface area contributed by atoms with Gasteiger partial charge in [-0.15, -0.1) is 0 Å². The molecule has 0 radical (unpaired) electrons. The number of H-pyrrole nitrogens is 1. The van der Waals surface area contributed by atoms with Crippen LogP contribution in [0.15, 0.2) is 72.9 Å². The lowest BCUT2D eigenvalue weighted by atomic mass is 10.1. The highest BCUT2D eigenvalue weighted by Gasteiger charge is 2.34. The van der Waals surface area contributed by atoms with Crippen molar-refractivity contribution in [3.05, 3.63) is 78.6 Å². The normalized spacial score (nSPS) is 15.7. The van der Waals surface area contributed by atoms with Gasteiger partial charge in [-0.1, -0.05) is 30.3 Å². The maximum absolute atomic E-state index is 4.56. The molecule has 110 valence electrons. The van der Waals surface area contributed by atoms with Crippen molar-refractivity contribution >= 4 is 16.7 Å². The molecule has 0 spiro atoms. The standard InChI is InChI=1S/C19H14N4/c1-2-8-14-13(7-1)18-22-15-9-3-4-11-17(15)23(18)19(21-14)16-10-5-6-12-20-16/h1-12,19H,(H,21,22)/p+1. The number of benzene rings is 2. The van der Waals surface area contributed by atoms with Gasteiger partial charge < -0.3 is 5.32 Å². The van der Waals surface area contributed by atoms with Crippen LogP contribution in [0.1, 0.15) is 11.9 Å². The summed E-state index contributed by atoms with van der Waals surface area (Å²) in [7, 11) is 0. The maximum Gasteiger partial charge on any atom is 0.291 e. The molecule has 3 heterocycles. The lowest BCUT2D eigenvalue weighted by Gasteiger charge is -2.24. The Morgan fingerprint density at radius 3 is 2.61 bits per heavy atom. The second-order valence-electron chi connectivity index (χ2n) is 5.71. The molecular formula is C19H15N4+. The highest BCUT2D eigenvalue weighted by Crippen LogP contribution is 2.34. The van der Waals surface area contributed by atoms with Crippen molar-refractivity contribution in [1.82, 2.24) is 9.97 Å². The molecule has 0 saturated carbocycles. The number of anilines is 1. The highest BCUT2D eigenvalue weighted by molar-refractivity contribution is 5.80. The fraction of sp³-hybridized carbons (Fsp3) is 0.0526. The van der Waals surface area contributed by atoms with Gasteiger partial charge in [0.05, 0.1) is 11.3 Å². The van der Waals surface area contributed by atoms with E-state index in [-0.39, 0.29) is 6.17 Å². The van der Waals surface area contributed by atoms with Crippen LogP contribution < -0.4 is 9.88 Å². The minimum absolute atomic E-state index is 0.0303. The number of nitrogens with zero attached hydrogens (tertiary/aromatic N) is 2. The molecule has 0 bridgehead atoms. The zero-order valence-electron chi connectivity index (χ0n) is 12.4. The van der Waals surface area contributed by atoms with Crippen molar-refractivity contribution < 1.29 is 4.57 Å². The van der Waals surface area contributed by atoms with Gasteiger partial charge in [0.2, 0.25) is 6.17 Å². The number of aromatic nitrogens is 3. The van der Waals surface area contributed by atoms with Gasteiger partial charge in [-0.05, 0) is 36.4 Å². The van der Waals surface area contributed by atoms with Gasteiger partial charge in [-0.3, -0.25) is 4.98 Å². The van der Waals surface area contributed by atoms with Crippen LogP contribution in [0.4, 0.5) is 5.69 Å². The summed E-state index contributed by atoms with van der Waals surface area (Å²) in [6.45, 7) is 0. The fourth-order valence-corrected chi connectivity index (χ4v) is 3.33. The zero-order valence-corrected chi connectivity index (χ0v) is 12.4. The van der Waals surface area contributed by atoms with Crippen molar-refractivity contribution in [3.8, 4) is 11.4 Å². The number of nitrogens with one attached hydrogen (secondary N) is 2. The van der Waals surface area contributed by atoms with E-state index in [0.29, 0.717) is 0 Å². The number of hydrogen-bond acceptors (Lipinski definition) is 2. The molecule has 4 nitrogen and oxygen atoms in total. The number of aromatic amines is 1. The first-order valence-corrected chi connectivity index (χ1v) is 7.71. The molecule has 0 saturated heterocycles. The van der Waals surface area contributed by atoms with E-state index in [9.17, 15) is 0 Å². The number of imidazole rings is 1. The maximum atomic E-state index is 4.56. The molecule has 1 aliphatic heterocycles. The van der Waals surface area contributed by atoms with Crippen molar-refractivity contribution in [2.24, 2.45) is 0 Å². The number of rotatable bonds is 1. The summed E-state index contributed by atoms with van der Waals surface area (Å²) in [5.41, 5.74) is 5.59. The minimum atomic E-state index is -0.0303. The predicted molar refractivity (Wildman–Crippen MR) is 89.9 cm³/mol. The average Bonchev–Trinajstić information content (AvgIpc) is 3.02. The Morgan fingerprint density at radius 1 is 0.870 bits per heavy atom. The van der Waals surface area contributed by atoms with Crippen LogP contribution in [-0.2, 0) is 0 Å². The van der Waals surface area contributed by atoms with E-state index < -0.39 is 0 Å². The second kappa shape index (κ2) is 4.68. The molecule has 4 heteroatoms. The van der Waals surface area contributed by atoms with Gasteiger partial charge in [-0.2, -0.15) is 4.57 Å². The molecule has 0 aliphatic carbocycles. The third kappa shape index (κ3) is 1.78. The van der Waals surface area contributed by atoms with Crippen molar-refractivity contribution in [2.75, 3.05) is 5.32 Å². The third-order valence-electron chi connectivity index (χ3n) is 4.36. The van der Waals surface area contributed by atoms with Gasteiger partial charge in [0, 0.05) is 6.20 Å². The van der Waals surface area contributed by atoms with Crippen molar-refractivity contribution in [2.45, 2.75) is 6.17 Å². The van der Waals surface area contributed by atoms with Gasteiger partial charge in [0.25, 0.3) is 5.82 Å². The monoisotopic (exact) mass is 299 g/mol. The number of pyridine rings is 1. The molecule has 23 heavy (non-hydrogen) atoms. The first-order valence-electron chi connectivity index (χ1n) is 7.71. The summed E-state index contributed by atoms with van der Waals surface area (Å²) >= 11 is 0. The summed E-state index contributed by atoms with van der Waals surface area (Å²) in [6.07, 6.45) is 1.81. The third-order valence-corrected chi connectivity index (χ3v) is 4.36. The number of fused-ring (bicyclic) bond motifs is 5. The molecule has 5 rings (SSSR count). The molecule has 0 fully saturated rings. The Kier molecular flexibility index (Phi) is 2.52. The van der Waals surface area contributed by atoms with E-state index in [0.717, 1.165) is 22.7 Å². The van der Waals surface area contributed by atoms with E-state index in [4.69, 9.17) is 0 Å².